The van der Waals surface area contributed by atoms with E-state index in [0.717, 1.165) is 25.2 Å². The Hall–Kier alpha value is -2.40. The number of anilines is 2. The first-order valence-electron chi connectivity index (χ1n) is 14.3. The average Bonchev–Trinajstić information content (AvgIpc) is 2.93. The molecule has 4 rings (SSSR count). The largest absolute Gasteiger partial charge is 0.390 e. The molecule has 0 atom stereocenters. The molecule has 2 aliphatic heterocycles. The van der Waals surface area contributed by atoms with Gasteiger partial charge in [0.1, 0.15) is 5.82 Å². The molecule has 0 aliphatic carbocycles. The minimum absolute atomic E-state index is 0.00475. The number of piperazine rings is 1. The van der Waals surface area contributed by atoms with E-state index in [0.29, 0.717) is 49.1 Å². The van der Waals surface area contributed by atoms with Crippen molar-refractivity contribution in [1.82, 2.24) is 15.1 Å². The van der Waals surface area contributed by atoms with Crippen molar-refractivity contribution >= 4 is 28.9 Å². The minimum atomic E-state index is -4.19. The molecule has 0 radical (unpaired) electrons. The number of hydrogen-bond acceptors (Lipinski definition) is 5. The fraction of sp³-hybridized carbons (Fsp3) is 0.567. The molecule has 41 heavy (non-hydrogen) atoms. The van der Waals surface area contributed by atoms with E-state index in [-0.39, 0.29) is 17.6 Å². The van der Waals surface area contributed by atoms with Gasteiger partial charge in [0.15, 0.2) is 0 Å². The van der Waals surface area contributed by atoms with Crippen LogP contribution in [0.4, 0.5) is 28.9 Å². The van der Waals surface area contributed by atoms with Crippen LogP contribution in [0.25, 0.3) is 0 Å². The highest BCUT2D eigenvalue weighted by atomic mass is 35.5. The maximum Gasteiger partial charge on any atom is 0.390 e. The summed E-state index contributed by atoms with van der Waals surface area (Å²) in [6.07, 6.45) is -1.31. The predicted molar refractivity (Wildman–Crippen MR) is 156 cm³/mol. The summed E-state index contributed by atoms with van der Waals surface area (Å²) in [6, 6.07) is 9.63. The average molecular weight is 598 g/mol. The maximum absolute atomic E-state index is 15.1. The second kappa shape index (κ2) is 13.7. The highest BCUT2D eigenvalue weighted by Crippen LogP contribution is 2.31. The molecule has 2 heterocycles. The van der Waals surface area contributed by atoms with Gasteiger partial charge in [0, 0.05) is 56.4 Å². The molecule has 0 saturated carbocycles. The van der Waals surface area contributed by atoms with Gasteiger partial charge in [0.2, 0.25) is 0 Å². The lowest BCUT2D eigenvalue weighted by atomic mass is 9.98. The highest BCUT2D eigenvalue weighted by Gasteiger charge is 2.30. The third-order valence-electron chi connectivity index (χ3n) is 8.01. The van der Waals surface area contributed by atoms with E-state index in [1.807, 2.05) is 4.90 Å². The normalized spacial score (nSPS) is 17.6. The van der Waals surface area contributed by atoms with Gasteiger partial charge in [-0.25, -0.2) is 4.39 Å². The molecule has 1 amide bonds. The van der Waals surface area contributed by atoms with Gasteiger partial charge in [-0.3, -0.25) is 14.6 Å². The first-order valence-corrected chi connectivity index (χ1v) is 14.7. The third kappa shape index (κ3) is 9.04. The predicted octanol–water partition coefficient (Wildman–Crippen LogP) is 6.16. The summed E-state index contributed by atoms with van der Waals surface area (Å²) in [5, 5.41) is 6.70. The third-order valence-corrected chi connectivity index (χ3v) is 8.24. The van der Waals surface area contributed by atoms with E-state index in [2.05, 4.69) is 29.4 Å². The van der Waals surface area contributed by atoms with Crippen LogP contribution in [0.15, 0.2) is 36.4 Å². The number of nitrogens with one attached hydrogen (secondary N) is 2. The molecule has 11 heteroatoms. The number of hydrogen-bond donors (Lipinski definition) is 2. The van der Waals surface area contributed by atoms with Crippen LogP contribution in [0.2, 0.25) is 5.02 Å². The van der Waals surface area contributed by atoms with Crippen LogP contribution < -0.4 is 15.5 Å². The summed E-state index contributed by atoms with van der Waals surface area (Å²) in [5.41, 5.74) is 1.81. The van der Waals surface area contributed by atoms with Gasteiger partial charge in [-0.2, -0.15) is 13.2 Å². The summed E-state index contributed by atoms with van der Waals surface area (Å²) < 4.78 is 52.9. The fourth-order valence-corrected chi connectivity index (χ4v) is 5.70. The molecule has 6 nitrogen and oxygen atoms in total. The number of rotatable bonds is 10. The molecule has 0 spiro atoms. The molecule has 2 aromatic carbocycles. The monoisotopic (exact) mass is 597 g/mol. The van der Waals surface area contributed by atoms with Crippen LogP contribution in [-0.4, -0.2) is 79.8 Å². The van der Waals surface area contributed by atoms with Crippen molar-refractivity contribution in [2.24, 2.45) is 0 Å². The molecule has 0 aromatic heterocycles. The Morgan fingerprint density at radius 3 is 2.32 bits per heavy atom. The van der Waals surface area contributed by atoms with E-state index in [1.54, 1.807) is 29.2 Å². The lowest BCUT2D eigenvalue weighted by Crippen LogP contribution is -2.52. The van der Waals surface area contributed by atoms with Crippen molar-refractivity contribution in [2.45, 2.75) is 57.8 Å². The first-order chi connectivity index (χ1) is 19.4. The number of piperidine rings is 1. The number of carbonyl (C=O) groups is 1. The van der Waals surface area contributed by atoms with Crippen LogP contribution in [0.1, 0.15) is 55.5 Å². The highest BCUT2D eigenvalue weighted by molar-refractivity contribution is 6.31. The Morgan fingerprint density at radius 2 is 1.66 bits per heavy atom. The van der Waals surface area contributed by atoms with Crippen molar-refractivity contribution in [2.75, 3.05) is 62.6 Å². The summed E-state index contributed by atoms with van der Waals surface area (Å²) in [7, 11) is 0. The minimum Gasteiger partial charge on any atom is -0.367 e. The van der Waals surface area contributed by atoms with Crippen molar-refractivity contribution in [3.63, 3.8) is 0 Å². The summed E-state index contributed by atoms with van der Waals surface area (Å²) in [5.74, 6) is -1.19. The number of likely N-dealkylation sites (tertiary alicyclic amines) is 1. The topological polar surface area (TPSA) is 50.9 Å². The van der Waals surface area contributed by atoms with Gasteiger partial charge >= 0.3 is 6.18 Å². The molecule has 226 valence electrons. The van der Waals surface area contributed by atoms with Gasteiger partial charge in [0.25, 0.3) is 5.91 Å². The second-order valence-electron chi connectivity index (χ2n) is 11.6. The zero-order valence-corrected chi connectivity index (χ0v) is 24.6. The van der Waals surface area contributed by atoms with E-state index in [4.69, 9.17) is 11.6 Å². The van der Waals surface area contributed by atoms with Crippen LogP contribution in [-0.2, 0) is 6.54 Å². The van der Waals surface area contributed by atoms with E-state index in [9.17, 15) is 18.0 Å². The number of halogens is 5. The van der Waals surface area contributed by atoms with Crippen LogP contribution in [0, 0.1) is 5.82 Å². The summed E-state index contributed by atoms with van der Waals surface area (Å²) >= 11 is 6.23. The van der Waals surface area contributed by atoms with Gasteiger partial charge < -0.3 is 15.5 Å². The molecule has 2 aromatic rings. The quantitative estimate of drug-likeness (QED) is 0.321. The number of alkyl halides is 3. The van der Waals surface area contributed by atoms with Crippen LogP contribution >= 0.6 is 11.6 Å². The molecule has 2 aliphatic rings. The second-order valence-corrected chi connectivity index (χ2v) is 12.0. The Morgan fingerprint density at radius 1 is 0.951 bits per heavy atom. The molecule has 0 bridgehead atoms. The standard InChI is InChI=1S/C30H40ClF4N5O/c1-29(2,40-11-4-3-5-12-40)21-36-20-22-6-8-24(25(32)18-22)28(41)37-26-9-7-23(31)19-27(26)39-16-14-38(15-17-39)13-10-30(33,34)35/h6-9,18-19,36H,3-5,10-17,20-21H2,1-2H3,(H,37,41). The van der Waals surface area contributed by atoms with Gasteiger partial charge in [-0.05, 0) is 75.7 Å². The molecular weight excluding hydrogens is 558 g/mol. The van der Waals surface area contributed by atoms with Gasteiger partial charge in [-0.15, -0.1) is 0 Å². The SMILES string of the molecule is CC(C)(CNCc1ccc(C(=O)Nc2ccc(Cl)cc2N2CCN(CCC(F)(F)F)CC2)c(F)c1)N1CCCCC1. The van der Waals surface area contributed by atoms with Gasteiger partial charge in [0.05, 0.1) is 23.4 Å². The lowest BCUT2D eigenvalue weighted by Gasteiger charge is -2.41. The zero-order chi connectivity index (χ0) is 29.6. The Labute approximate surface area is 245 Å². The summed E-state index contributed by atoms with van der Waals surface area (Å²) in [4.78, 5) is 19.3. The van der Waals surface area contributed by atoms with Gasteiger partial charge in [-0.1, -0.05) is 24.1 Å². The Balaban J connectivity index is 1.34. The van der Waals surface area contributed by atoms with E-state index in [1.165, 1.54) is 31.4 Å². The van der Waals surface area contributed by atoms with Crippen molar-refractivity contribution in [1.29, 1.82) is 0 Å². The van der Waals surface area contributed by atoms with E-state index < -0.39 is 24.3 Å². The van der Waals surface area contributed by atoms with Crippen molar-refractivity contribution in [3.8, 4) is 0 Å². The van der Waals surface area contributed by atoms with Crippen LogP contribution in [0.5, 0.6) is 0 Å². The number of benzene rings is 2. The maximum atomic E-state index is 15.1. The first kappa shape index (κ1) is 31.5. The lowest BCUT2D eigenvalue weighted by molar-refractivity contribution is -0.138. The van der Waals surface area contributed by atoms with E-state index >= 15 is 4.39 Å². The smallest absolute Gasteiger partial charge is 0.367 e. The van der Waals surface area contributed by atoms with Crippen molar-refractivity contribution in [3.05, 3.63) is 58.4 Å². The zero-order valence-electron chi connectivity index (χ0n) is 23.8. The molecule has 2 fully saturated rings. The number of carbonyl (C=O) groups excluding carboxylic acids is 1. The molecular formula is C30H40ClF4N5O. The fourth-order valence-electron chi connectivity index (χ4n) is 5.54. The van der Waals surface area contributed by atoms with Crippen molar-refractivity contribution < 1.29 is 22.4 Å². The molecule has 2 N–H and O–H groups in total. The molecule has 0 unspecified atom stereocenters. The number of amides is 1. The molecule has 2 saturated heterocycles. The number of nitrogens with zero attached hydrogens (tertiary/aromatic N) is 3. The summed E-state index contributed by atoms with van der Waals surface area (Å²) in [6.45, 7) is 9.72. The van der Waals surface area contributed by atoms with Crippen LogP contribution in [0.3, 0.4) is 0 Å². The Bertz CT molecular complexity index is 1180. The Kier molecular flexibility index (Phi) is 10.5.